The lowest BCUT2D eigenvalue weighted by Gasteiger charge is -1.75. The molecule has 0 aliphatic carbocycles. The predicted octanol–water partition coefficient (Wildman–Crippen LogP) is 0.798. The van der Waals surface area contributed by atoms with Crippen molar-refractivity contribution in [1.82, 2.24) is 0 Å². The molecule has 1 aromatic rings. The summed E-state index contributed by atoms with van der Waals surface area (Å²) in [6, 6.07) is 2.70. The Balaban J connectivity index is 3.00. The molecule has 0 radical (unpaired) electrons. The van der Waals surface area contributed by atoms with E-state index in [4.69, 9.17) is 5.11 Å². The van der Waals surface area contributed by atoms with E-state index in [0.29, 0.717) is 6.29 Å². The van der Waals surface area contributed by atoms with E-state index in [9.17, 15) is 4.79 Å². The highest BCUT2D eigenvalue weighted by Crippen LogP contribution is 2.10. The molecule has 3 heteroatoms. The Kier molecular flexibility index (Phi) is 1.04. The molecular formula is C5H4O3. The summed E-state index contributed by atoms with van der Waals surface area (Å²) in [5.41, 5.74) is 0. The number of hydrogen-bond donors (Lipinski definition) is 1. The van der Waals surface area contributed by atoms with Crippen molar-refractivity contribution in [3.05, 3.63) is 17.9 Å². The molecule has 8 heavy (non-hydrogen) atoms. The largest absolute Gasteiger partial charge is 0.481 e. The van der Waals surface area contributed by atoms with Gasteiger partial charge in [-0.2, -0.15) is 0 Å². The zero-order valence-electron chi connectivity index (χ0n) is 4.00. The Hall–Kier alpha value is -1.25. The lowest BCUT2D eigenvalue weighted by Crippen LogP contribution is -1.65. The van der Waals surface area contributed by atoms with Gasteiger partial charge < -0.3 is 9.52 Å². The van der Waals surface area contributed by atoms with Gasteiger partial charge in [0.25, 0.3) is 5.95 Å². The van der Waals surface area contributed by atoms with Crippen LogP contribution in [0.1, 0.15) is 10.6 Å². The molecule has 1 aromatic heterocycles. The summed E-state index contributed by atoms with van der Waals surface area (Å²) in [5.74, 6) is -0.0883. The van der Waals surface area contributed by atoms with Crippen LogP contribution >= 0.6 is 0 Å². The van der Waals surface area contributed by atoms with Gasteiger partial charge in [-0.25, -0.2) is 0 Å². The van der Waals surface area contributed by atoms with E-state index in [2.05, 4.69) is 4.42 Å². The smallest absolute Gasteiger partial charge is 0.282 e. The molecule has 0 saturated heterocycles. The molecule has 1 rings (SSSR count). The maximum absolute atomic E-state index is 9.81. The fraction of sp³-hybridized carbons (Fsp3) is 0. The minimum Gasteiger partial charge on any atom is -0.481 e. The summed E-state index contributed by atoms with van der Waals surface area (Å²) in [6.07, 6.45) is 0.527. The van der Waals surface area contributed by atoms with Crippen LogP contribution in [-0.2, 0) is 0 Å². The van der Waals surface area contributed by atoms with Crippen LogP contribution in [0.4, 0.5) is 0 Å². The summed E-state index contributed by atoms with van der Waals surface area (Å²) in [5, 5.41) is 8.46. The monoisotopic (exact) mass is 112 g/mol. The minimum atomic E-state index is -0.230. The van der Waals surface area contributed by atoms with Crippen LogP contribution in [0.15, 0.2) is 16.5 Å². The SMILES string of the molecule is O=Cc1ccc(O)o1. The third-order valence-electron chi connectivity index (χ3n) is 0.729. The van der Waals surface area contributed by atoms with Crippen molar-refractivity contribution in [3.63, 3.8) is 0 Å². The maximum Gasteiger partial charge on any atom is 0.282 e. The molecule has 0 saturated carbocycles. The predicted molar refractivity (Wildman–Crippen MR) is 25.8 cm³/mol. The van der Waals surface area contributed by atoms with E-state index < -0.39 is 0 Å². The van der Waals surface area contributed by atoms with Crippen molar-refractivity contribution in [2.45, 2.75) is 0 Å². The number of carbonyl (C=O) groups is 1. The second kappa shape index (κ2) is 1.69. The van der Waals surface area contributed by atoms with Crippen molar-refractivity contribution >= 4 is 6.29 Å². The lowest BCUT2D eigenvalue weighted by molar-refractivity contribution is 0.109. The molecule has 0 atom stereocenters. The Morgan fingerprint density at radius 1 is 1.62 bits per heavy atom. The van der Waals surface area contributed by atoms with Gasteiger partial charge in [0.1, 0.15) is 0 Å². The van der Waals surface area contributed by atoms with Crippen molar-refractivity contribution < 1.29 is 14.3 Å². The Morgan fingerprint density at radius 3 is 2.62 bits per heavy atom. The molecule has 0 unspecified atom stereocenters. The summed E-state index contributed by atoms with van der Waals surface area (Å²) >= 11 is 0. The lowest BCUT2D eigenvalue weighted by atomic mass is 10.5. The van der Waals surface area contributed by atoms with E-state index >= 15 is 0 Å². The average molecular weight is 112 g/mol. The minimum absolute atomic E-state index is 0.141. The van der Waals surface area contributed by atoms with Gasteiger partial charge in [-0.05, 0) is 6.07 Å². The Morgan fingerprint density at radius 2 is 2.38 bits per heavy atom. The first-order valence-electron chi connectivity index (χ1n) is 2.07. The molecule has 0 aromatic carbocycles. The Bertz CT molecular complexity index is 189. The van der Waals surface area contributed by atoms with E-state index in [0.717, 1.165) is 0 Å². The highest BCUT2D eigenvalue weighted by molar-refractivity contribution is 5.70. The number of furan rings is 1. The molecule has 0 aliphatic rings. The molecule has 1 N–H and O–H groups in total. The van der Waals surface area contributed by atoms with Gasteiger partial charge in [-0.3, -0.25) is 4.79 Å². The zero-order valence-corrected chi connectivity index (χ0v) is 4.00. The number of hydrogen-bond acceptors (Lipinski definition) is 3. The van der Waals surface area contributed by atoms with Crippen molar-refractivity contribution in [1.29, 1.82) is 0 Å². The average Bonchev–Trinajstić information content (AvgIpc) is 2.14. The highest BCUT2D eigenvalue weighted by Gasteiger charge is 1.94. The van der Waals surface area contributed by atoms with Crippen molar-refractivity contribution in [2.75, 3.05) is 0 Å². The summed E-state index contributed by atoms with van der Waals surface area (Å²) < 4.78 is 4.42. The third kappa shape index (κ3) is 0.703. The fourth-order valence-corrected chi connectivity index (χ4v) is 0.406. The molecule has 0 spiro atoms. The molecule has 42 valence electrons. The van der Waals surface area contributed by atoms with Gasteiger partial charge in [-0.1, -0.05) is 0 Å². The van der Waals surface area contributed by atoms with Crippen LogP contribution in [0, 0.1) is 0 Å². The van der Waals surface area contributed by atoms with E-state index in [1.54, 1.807) is 0 Å². The second-order valence-corrected chi connectivity index (χ2v) is 1.29. The summed E-state index contributed by atoms with van der Waals surface area (Å²) in [7, 11) is 0. The molecule has 0 amide bonds. The molecule has 0 fully saturated rings. The topological polar surface area (TPSA) is 50.4 Å². The van der Waals surface area contributed by atoms with Gasteiger partial charge >= 0.3 is 0 Å². The molecule has 1 heterocycles. The number of rotatable bonds is 1. The number of carbonyl (C=O) groups excluding carboxylic acids is 1. The van der Waals surface area contributed by atoms with E-state index in [1.165, 1.54) is 12.1 Å². The molecule has 0 bridgehead atoms. The first-order chi connectivity index (χ1) is 3.83. The van der Waals surface area contributed by atoms with Gasteiger partial charge in [0.15, 0.2) is 12.0 Å². The van der Waals surface area contributed by atoms with Gasteiger partial charge in [0.05, 0.1) is 0 Å². The van der Waals surface area contributed by atoms with Crippen molar-refractivity contribution in [3.8, 4) is 5.95 Å². The molecule has 3 nitrogen and oxygen atoms in total. The molecule has 0 aliphatic heterocycles. The van der Waals surface area contributed by atoms with Gasteiger partial charge in [0, 0.05) is 6.07 Å². The number of aldehydes is 1. The Labute approximate surface area is 45.5 Å². The van der Waals surface area contributed by atoms with Gasteiger partial charge in [-0.15, -0.1) is 0 Å². The maximum atomic E-state index is 9.81. The summed E-state index contributed by atoms with van der Waals surface area (Å²) in [4.78, 5) is 9.81. The zero-order chi connectivity index (χ0) is 5.98. The first-order valence-corrected chi connectivity index (χ1v) is 2.07. The van der Waals surface area contributed by atoms with E-state index in [-0.39, 0.29) is 11.7 Å². The molecular weight excluding hydrogens is 108 g/mol. The normalized spacial score (nSPS) is 9.00. The third-order valence-corrected chi connectivity index (χ3v) is 0.729. The van der Waals surface area contributed by atoms with Crippen LogP contribution in [0.3, 0.4) is 0 Å². The number of aromatic hydroxyl groups is 1. The van der Waals surface area contributed by atoms with Crippen LogP contribution in [0.5, 0.6) is 5.95 Å². The standard InChI is InChI=1S/C5H4O3/c6-3-4-1-2-5(7)8-4/h1-3,7H. The first kappa shape index (κ1) is 4.90. The van der Waals surface area contributed by atoms with Crippen molar-refractivity contribution in [2.24, 2.45) is 0 Å². The van der Waals surface area contributed by atoms with Gasteiger partial charge in [0.2, 0.25) is 0 Å². The van der Waals surface area contributed by atoms with Crippen LogP contribution in [0.25, 0.3) is 0 Å². The van der Waals surface area contributed by atoms with Crippen LogP contribution in [-0.4, -0.2) is 11.4 Å². The second-order valence-electron chi connectivity index (χ2n) is 1.29. The highest BCUT2D eigenvalue weighted by atomic mass is 16.5. The fourth-order valence-electron chi connectivity index (χ4n) is 0.406. The summed E-state index contributed by atoms with van der Waals surface area (Å²) in [6.45, 7) is 0. The quantitative estimate of drug-likeness (QED) is 0.546. The van der Waals surface area contributed by atoms with Crippen LogP contribution < -0.4 is 0 Å². The van der Waals surface area contributed by atoms with Crippen LogP contribution in [0.2, 0.25) is 0 Å². The van der Waals surface area contributed by atoms with E-state index in [1.807, 2.05) is 0 Å².